The fourth-order valence-corrected chi connectivity index (χ4v) is 3.47. The molecule has 0 saturated heterocycles. The van der Waals surface area contributed by atoms with Crippen LogP contribution in [0.2, 0.25) is 0 Å². The summed E-state index contributed by atoms with van der Waals surface area (Å²) in [5.74, 6) is 1.79. The van der Waals surface area contributed by atoms with Crippen LogP contribution in [0.5, 0.6) is 11.5 Å². The van der Waals surface area contributed by atoms with E-state index in [1.165, 1.54) is 12.8 Å². The lowest BCUT2D eigenvalue weighted by atomic mass is 10.0. The SMILES string of the molecule is O=C1/C(=C/C=C/c2ccccc2)Oc2c1ccc1c2CN(C2CC2)CO1. The van der Waals surface area contributed by atoms with Gasteiger partial charge in [-0.15, -0.1) is 0 Å². The molecule has 0 unspecified atom stereocenters. The van der Waals surface area contributed by atoms with Crippen LogP contribution in [-0.4, -0.2) is 23.5 Å². The van der Waals surface area contributed by atoms with E-state index in [1.807, 2.05) is 54.6 Å². The summed E-state index contributed by atoms with van der Waals surface area (Å²) in [6, 6.07) is 14.3. The van der Waals surface area contributed by atoms with Crippen molar-refractivity contribution in [2.24, 2.45) is 0 Å². The summed E-state index contributed by atoms with van der Waals surface area (Å²) in [4.78, 5) is 15.0. The van der Waals surface area contributed by atoms with Crippen LogP contribution in [0.4, 0.5) is 0 Å². The summed E-state index contributed by atoms with van der Waals surface area (Å²) in [5, 5.41) is 0. The topological polar surface area (TPSA) is 38.8 Å². The third-order valence-electron chi connectivity index (χ3n) is 5.04. The summed E-state index contributed by atoms with van der Waals surface area (Å²) in [6.45, 7) is 1.40. The van der Waals surface area contributed by atoms with Crippen LogP contribution in [0, 0.1) is 0 Å². The average molecular weight is 345 g/mol. The highest BCUT2D eigenvalue weighted by molar-refractivity contribution is 6.13. The minimum Gasteiger partial charge on any atom is -0.478 e. The lowest BCUT2D eigenvalue weighted by Gasteiger charge is -2.29. The number of hydrogen-bond acceptors (Lipinski definition) is 4. The number of benzene rings is 2. The lowest BCUT2D eigenvalue weighted by molar-refractivity contribution is 0.0868. The zero-order valence-electron chi connectivity index (χ0n) is 14.4. The van der Waals surface area contributed by atoms with Crippen LogP contribution in [0.25, 0.3) is 6.08 Å². The Kier molecular flexibility index (Phi) is 3.64. The van der Waals surface area contributed by atoms with Gasteiger partial charge < -0.3 is 9.47 Å². The Morgan fingerprint density at radius 3 is 2.73 bits per heavy atom. The Balaban J connectivity index is 1.42. The van der Waals surface area contributed by atoms with Crippen molar-refractivity contribution in [1.29, 1.82) is 0 Å². The van der Waals surface area contributed by atoms with E-state index in [0.29, 0.717) is 29.8 Å². The highest BCUT2D eigenvalue weighted by Crippen LogP contribution is 2.43. The molecular weight excluding hydrogens is 326 g/mol. The summed E-state index contributed by atoms with van der Waals surface area (Å²) >= 11 is 0. The number of hydrogen-bond donors (Lipinski definition) is 0. The van der Waals surface area contributed by atoms with Gasteiger partial charge in [0.1, 0.15) is 18.2 Å². The fraction of sp³-hybridized carbons (Fsp3) is 0.227. The first-order chi connectivity index (χ1) is 12.8. The molecular formula is C22H19NO3. The lowest BCUT2D eigenvalue weighted by Crippen LogP contribution is -2.33. The van der Waals surface area contributed by atoms with Crippen LogP contribution >= 0.6 is 0 Å². The number of Topliss-reactive ketones (excluding diaryl/α,β-unsaturated/α-hetero) is 1. The molecule has 0 atom stereocenters. The molecule has 0 aromatic heterocycles. The maximum absolute atomic E-state index is 12.7. The van der Waals surface area contributed by atoms with Crippen molar-refractivity contribution in [3.8, 4) is 11.5 Å². The fourth-order valence-electron chi connectivity index (χ4n) is 3.47. The summed E-state index contributed by atoms with van der Waals surface area (Å²) < 4.78 is 11.8. The molecule has 0 bridgehead atoms. The first-order valence-corrected chi connectivity index (χ1v) is 8.98. The van der Waals surface area contributed by atoms with Crippen molar-refractivity contribution in [3.05, 3.63) is 77.1 Å². The smallest absolute Gasteiger partial charge is 0.231 e. The van der Waals surface area contributed by atoms with Gasteiger partial charge in [0.15, 0.2) is 5.76 Å². The van der Waals surface area contributed by atoms with E-state index in [1.54, 1.807) is 6.08 Å². The van der Waals surface area contributed by atoms with Gasteiger partial charge in [-0.05, 0) is 36.6 Å². The number of rotatable bonds is 3. The number of ketones is 1. The van der Waals surface area contributed by atoms with E-state index in [9.17, 15) is 4.79 Å². The normalized spacial score (nSPS) is 20.8. The van der Waals surface area contributed by atoms with Crippen molar-refractivity contribution < 1.29 is 14.3 Å². The average Bonchev–Trinajstić information content (AvgIpc) is 3.48. The number of carbonyl (C=O) groups excluding carboxylic acids is 1. The van der Waals surface area contributed by atoms with Gasteiger partial charge in [0.25, 0.3) is 0 Å². The highest BCUT2D eigenvalue weighted by atomic mass is 16.5. The van der Waals surface area contributed by atoms with Gasteiger partial charge in [0.2, 0.25) is 5.78 Å². The highest BCUT2D eigenvalue weighted by Gasteiger charge is 2.37. The molecule has 5 rings (SSSR count). The van der Waals surface area contributed by atoms with Crippen LogP contribution in [0.3, 0.4) is 0 Å². The molecule has 4 heteroatoms. The van der Waals surface area contributed by atoms with Gasteiger partial charge in [-0.1, -0.05) is 42.5 Å². The predicted octanol–water partition coefficient (Wildman–Crippen LogP) is 4.17. The minimum absolute atomic E-state index is 0.0657. The van der Waals surface area contributed by atoms with Crippen molar-refractivity contribution in [2.45, 2.75) is 25.4 Å². The number of carbonyl (C=O) groups is 1. The Morgan fingerprint density at radius 1 is 1.08 bits per heavy atom. The molecule has 1 aliphatic carbocycles. The van der Waals surface area contributed by atoms with Gasteiger partial charge in [-0.3, -0.25) is 9.69 Å². The van der Waals surface area contributed by atoms with Crippen molar-refractivity contribution >= 4 is 11.9 Å². The second-order valence-corrected chi connectivity index (χ2v) is 6.90. The molecule has 0 spiro atoms. The van der Waals surface area contributed by atoms with E-state index >= 15 is 0 Å². The molecule has 2 aliphatic heterocycles. The second kappa shape index (κ2) is 6.15. The van der Waals surface area contributed by atoms with E-state index in [4.69, 9.17) is 9.47 Å². The minimum atomic E-state index is -0.0657. The maximum atomic E-state index is 12.7. The third kappa shape index (κ3) is 2.72. The molecule has 4 nitrogen and oxygen atoms in total. The number of nitrogens with zero attached hydrogens (tertiary/aromatic N) is 1. The van der Waals surface area contributed by atoms with Crippen molar-refractivity contribution in [2.75, 3.05) is 6.73 Å². The molecule has 130 valence electrons. The van der Waals surface area contributed by atoms with Crippen LogP contribution < -0.4 is 9.47 Å². The zero-order valence-corrected chi connectivity index (χ0v) is 14.4. The summed E-state index contributed by atoms with van der Waals surface area (Å²) in [7, 11) is 0. The molecule has 0 radical (unpaired) electrons. The second-order valence-electron chi connectivity index (χ2n) is 6.90. The van der Waals surface area contributed by atoms with E-state index in [2.05, 4.69) is 4.90 Å². The van der Waals surface area contributed by atoms with E-state index < -0.39 is 0 Å². The first-order valence-electron chi connectivity index (χ1n) is 8.98. The van der Waals surface area contributed by atoms with Gasteiger partial charge in [0.05, 0.1) is 11.1 Å². The van der Waals surface area contributed by atoms with Crippen LogP contribution in [0.1, 0.15) is 34.3 Å². The third-order valence-corrected chi connectivity index (χ3v) is 5.04. The van der Waals surface area contributed by atoms with Crippen LogP contribution in [0.15, 0.2) is 60.4 Å². The zero-order chi connectivity index (χ0) is 17.5. The predicted molar refractivity (Wildman–Crippen MR) is 99.0 cm³/mol. The van der Waals surface area contributed by atoms with Crippen molar-refractivity contribution in [1.82, 2.24) is 4.90 Å². The van der Waals surface area contributed by atoms with Crippen LogP contribution in [-0.2, 0) is 6.54 Å². The van der Waals surface area contributed by atoms with Gasteiger partial charge in [-0.25, -0.2) is 0 Å². The number of fused-ring (bicyclic) bond motifs is 3. The largest absolute Gasteiger partial charge is 0.478 e. The Bertz CT molecular complexity index is 926. The Hall–Kier alpha value is -2.85. The van der Waals surface area contributed by atoms with Gasteiger partial charge >= 0.3 is 0 Å². The first kappa shape index (κ1) is 15.4. The molecule has 1 fully saturated rings. The van der Waals surface area contributed by atoms with E-state index in [-0.39, 0.29) is 5.78 Å². The molecule has 26 heavy (non-hydrogen) atoms. The molecule has 2 heterocycles. The van der Waals surface area contributed by atoms with Crippen molar-refractivity contribution in [3.63, 3.8) is 0 Å². The maximum Gasteiger partial charge on any atom is 0.231 e. The molecule has 0 amide bonds. The summed E-state index contributed by atoms with van der Waals surface area (Å²) in [5.41, 5.74) is 2.70. The van der Waals surface area contributed by atoms with E-state index in [0.717, 1.165) is 23.4 Å². The molecule has 1 saturated carbocycles. The quantitative estimate of drug-likeness (QED) is 0.783. The van der Waals surface area contributed by atoms with Gasteiger partial charge in [0, 0.05) is 12.6 Å². The molecule has 3 aliphatic rings. The standard InChI is InChI=1S/C22H19NO3/c24-21-17-11-12-19-18(13-23(14-25-19)16-9-10-16)22(17)26-20(21)8-4-7-15-5-2-1-3-6-15/h1-8,11-12,16H,9-10,13-14H2/b7-4+,20-8-. The molecule has 2 aromatic rings. The monoisotopic (exact) mass is 345 g/mol. The summed E-state index contributed by atoms with van der Waals surface area (Å²) in [6.07, 6.45) is 8.00. The molecule has 0 N–H and O–H groups in total. The Labute approximate surface area is 152 Å². The number of ether oxygens (including phenoxy) is 2. The number of allylic oxidation sites excluding steroid dienone is 3. The Morgan fingerprint density at radius 2 is 1.92 bits per heavy atom. The molecule has 2 aromatic carbocycles. The van der Waals surface area contributed by atoms with Gasteiger partial charge in [-0.2, -0.15) is 0 Å².